The van der Waals surface area contributed by atoms with Gasteiger partial charge in [0.15, 0.2) is 17.4 Å². The van der Waals surface area contributed by atoms with Crippen LogP contribution in [0.5, 0.6) is 0 Å². The summed E-state index contributed by atoms with van der Waals surface area (Å²) < 4.78 is 26.7. The topological polar surface area (TPSA) is 17.1 Å². The lowest BCUT2D eigenvalue weighted by molar-refractivity contribution is 0.103. The van der Waals surface area contributed by atoms with E-state index in [4.69, 9.17) is 34.8 Å². The molecule has 98 valence electrons. The minimum atomic E-state index is -1.24. The number of rotatable bonds is 2. The molecule has 0 radical (unpaired) electrons. The van der Waals surface area contributed by atoms with Crippen molar-refractivity contribution in [1.82, 2.24) is 0 Å². The molecule has 0 unspecified atom stereocenters. The Morgan fingerprint density at radius 3 is 2.16 bits per heavy atom. The van der Waals surface area contributed by atoms with Gasteiger partial charge in [-0.05, 0) is 24.3 Å². The van der Waals surface area contributed by atoms with Crippen LogP contribution in [0.25, 0.3) is 0 Å². The lowest BCUT2D eigenvalue weighted by Gasteiger charge is -2.08. The monoisotopic (exact) mass is 320 g/mol. The van der Waals surface area contributed by atoms with Gasteiger partial charge in [0.1, 0.15) is 0 Å². The van der Waals surface area contributed by atoms with Crippen molar-refractivity contribution < 1.29 is 13.6 Å². The van der Waals surface area contributed by atoms with Gasteiger partial charge in [0.05, 0.1) is 21.2 Å². The zero-order valence-corrected chi connectivity index (χ0v) is 11.5. The molecule has 2 aromatic rings. The van der Waals surface area contributed by atoms with Gasteiger partial charge in [-0.3, -0.25) is 4.79 Å². The highest BCUT2D eigenvalue weighted by Crippen LogP contribution is 2.31. The fraction of sp³-hybridized carbons (Fsp3) is 0. The Morgan fingerprint density at radius 1 is 1.00 bits per heavy atom. The number of carbonyl (C=O) groups excluding carboxylic acids is 1. The third-order valence-electron chi connectivity index (χ3n) is 2.43. The summed E-state index contributed by atoms with van der Waals surface area (Å²) in [5, 5.41) is 0.198. The predicted molar refractivity (Wildman–Crippen MR) is 71.3 cm³/mol. The molecule has 0 N–H and O–H groups in total. The summed E-state index contributed by atoms with van der Waals surface area (Å²) in [5.74, 6) is -3.16. The van der Waals surface area contributed by atoms with Gasteiger partial charge in [-0.1, -0.05) is 40.9 Å². The van der Waals surface area contributed by atoms with Crippen molar-refractivity contribution in [3.05, 3.63) is 68.2 Å². The maximum absolute atomic E-state index is 13.6. The summed E-state index contributed by atoms with van der Waals surface area (Å²) in [6.07, 6.45) is 0. The van der Waals surface area contributed by atoms with E-state index < -0.39 is 23.0 Å². The van der Waals surface area contributed by atoms with Crippen LogP contribution in [0.2, 0.25) is 15.1 Å². The second-order valence-electron chi connectivity index (χ2n) is 3.67. The first-order chi connectivity index (χ1) is 8.91. The molecule has 0 saturated heterocycles. The minimum Gasteiger partial charge on any atom is -0.288 e. The smallest absolute Gasteiger partial charge is 0.199 e. The Hall–Kier alpha value is -1.16. The van der Waals surface area contributed by atoms with Crippen molar-refractivity contribution in [2.75, 3.05) is 0 Å². The van der Waals surface area contributed by atoms with Crippen LogP contribution in [-0.4, -0.2) is 5.78 Å². The molecule has 2 aromatic carbocycles. The average Bonchev–Trinajstić information content (AvgIpc) is 2.31. The summed E-state index contributed by atoms with van der Waals surface area (Å²) in [7, 11) is 0. The molecule has 1 nitrogen and oxygen atoms in total. The van der Waals surface area contributed by atoms with Crippen LogP contribution in [0.1, 0.15) is 15.9 Å². The molecule has 0 amide bonds. The van der Waals surface area contributed by atoms with Gasteiger partial charge in [0, 0.05) is 5.02 Å². The Balaban J connectivity index is 2.60. The summed E-state index contributed by atoms with van der Waals surface area (Å²) in [6, 6.07) is 5.90. The van der Waals surface area contributed by atoms with E-state index in [0.717, 1.165) is 12.1 Å². The van der Waals surface area contributed by atoms with Gasteiger partial charge < -0.3 is 0 Å². The van der Waals surface area contributed by atoms with Crippen LogP contribution in [0.15, 0.2) is 30.3 Å². The van der Waals surface area contributed by atoms with Crippen molar-refractivity contribution in [1.29, 1.82) is 0 Å². The van der Waals surface area contributed by atoms with E-state index in [1.54, 1.807) is 0 Å². The molecule has 0 saturated carbocycles. The van der Waals surface area contributed by atoms with E-state index >= 15 is 0 Å². The Morgan fingerprint density at radius 2 is 1.58 bits per heavy atom. The van der Waals surface area contributed by atoms with Gasteiger partial charge in [-0.15, -0.1) is 0 Å². The maximum Gasteiger partial charge on any atom is 0.199 e. The molecule has 0 aliphatic heterocycles. The molecule has 0 bridgehead atoms. The van der Waals surface area contributed by atoms with Crippen molar-refractivity contribution in [2.24, 2.45) is 0 Å². The molecule has 0 atom stereocenters. The van der Waals surface area contributed by atoms with Gasteiger partial charge in [-0.2, -0.15) is 0 Å². The highest BCUT2D eigenvalue weighted by Gasteiger charge is 2.22. The fourth-order valence-corrected chi connectivity index (χ4v) is 2.56. The summed E-state index contributed by atoms with van der Waals surface area (Å²) in [5.41, 5.74) is -0.552. The third-order valence-corrected chi connectivity index (χ3v) is 3.24. The zero-order chi connectivity index (χ0) is 14.2. The minimum absolute atomic E-state index is 0.0221. The lowest BCUT2D eigenvalue weighted by atomic mass is 10.0. The maximum atomic E-state index is 13.6. The summed E-state index contributed by atoms with van der Waals surface area (Å²) >= 11 is 17.4. The molecule has 0 aromatic heterocycles. The van der Waals surface area contributed by atoms with Gasteiger partial charge in [-0.25, -0.2) is 8.78 Å². The molecular formula is C13H5Cl3F2O. The first-order valence-corrected chi connectivity index (χ1v) is 6.18. The van der Waals surface area contributed by atoms with Crippen LogP contribution in [-0.2, 0) is 0 Å². The van der Waals surface area contributed by atoms with Crippen molar-refractivity contribution in [2.45, 2.75) is 0 Å². The van der Waals surface area contributed by atoms with Crippen LogP contribution >= 0.6 is 34.8 Å². The van der Waals surface area contributed by atoms with Crippen LogP contribution in [0.3, 0.4) is 0 Å². The SMILES string of the molecule is O=C(c1cccc(F)c1F)c1c(Cl)cc(Cl)cc1Cl. The lowest BCUT2D eigenvalue weighted by Crippen LogP contribution is -2.07. The normalized spacial score (nSPS) is 10.6. The summed E-state index contributed by atoms with van der Waals surface area (Å²) in [4.78, 5) is 12.2. The highest BCUT2D eigenvalue weighted by molar-refractivity contribution is 6.43. The molecule has 6 heteroatoms. The summed E-state index contributed by atoms with van der Waals surface area (Å²) in [6.45, 7) is 0. The molecule has 0 aliphatic carbocycles. The molecule has 0 fully saturated rings. The number of halogens is 5. The molecule has 0 spiro atoms. The Kier molecular flexibility index (Phi) is 4.09. The largest absolute Gasteiger partial charge is 0.288 e. The van der Waals surface area contributed by atoms with Crippen molar-refractivity contribution in [3.8, 4) is 0 Å². The van der Waals surface area contributed by atoms with E-state index in [0.29, 0.717) is 0 Å². The van der Waals surface area contributed by atoms with E-state index in [9.17, 15) is 13.6 Å². The second-order valence-corrected chi connectivity index (χ2v) is 4.93. The standard InChI is InChI=1S/C13H5Cl3F2O/c14-6-4-8(15)11(9(16)5-6)13(19)7-2-1-3-10(17)12(7)18/h1-5H. The quantitative estimate of drug-likeness (QED) is 0.699. The highest BCUT2D eigenvalue weighted by atomic mass is 35.5. The van der Waals surface area contributed by atoms with E-state index in [2.05, 4.69) is 0 Å². The zero-order valence-electron chi connectivity index (χ0n) is 9.18. The number of ketones is 1. The van der Waals surface area contributed by atoms with Crippen molar-refractivity contribution >= 4 is 40.6 Å². The first kappa shape index (κ1) is 14.3. The fourth-order valence-electron chi connectivity index (χ4n) is 1.57. The third kappa shape index (κ3) is 2.73. The Bertz CT molecular complexity index is 648. The molecular weight excluding hydrogens is 316 g/mol. The van der Waals surface area contributed by atoms with Gasteiger partial charge in [0.2, 0.25) is 0 Å². The number of hydrogen-bond donors (Lipinski definition) is 0. The van der Waals surface area contributed by atoms with Crippen LogP contribution < -0.4 is 0 Å². The van der Waals surface area contributed by atoms with Gasteiger partial charge >= 0.3 is 0 Å². The average molecular weight is 322 g/mol. The first-order valence-electron chi connectivity index (χ1n) is 5.05. The van der Waals surface area contributed by atoms with Crippen molar-refractivity contribution in [3.63, 3.8) is 0 Å². The number of carbonyl (C=O) groups is 1. The van der Waals surface area contributed by atoms with E-state index in [1.165, 1.54) is 18.2 Å². The Labute approximate surface area is 122 Å². The van der Waals surface area contributed by atoms with Crippen LogP contribution in [0, 0.1) is 11.6 Å². The number of benzene rings is 2. The van der Waals surface area contributed by atoms with Crippen LogP contribution in [0.4, 0.5) is 8.78 Å². The second kappa shape index (κ2) is 5.45. The van der Waals surface area contributed by atoms with Gasteiger partial charge in [0.25, 0.3) is 0 Å². The predicted octanol–water partition coefficient (Wildman–Crippen LogP) is 5.16. The molecule has 2 rings (SSSR count). The number of hydrogen-bond acceptors (Lipinski definition) is 1. The van der Waals surface area contributed by atoms with E-state index in [-0.39, 0.29) is 20.6 Å². The van der Waals surface area contributed by atoms with E-state index in [1.807, 2.05) is 0 Å². The molecule has 0 aliphatic rings. The molecule has 0 heterocycles. The molecule has 19 heavy (non-hydrogen) atoms.